The first-order valence-corrected chi connectivity index (χ1v) is 8.67. The van der Waals surface area contributed by atoms with Crippen LogP contribution in [0, 0.1) is 5.92 Å². The lowest BCUT2D eigenvalue weighted by Crippen LogP contribution is -2.25. The summed E-state index contributed by atoms with van der Waals surface area (Å²) in [6.07, 6.45) is 9.73. The van der Waals surface area contributed by atoms with E-state index in [1.807, 2.05) is 18.2 Å². The molecule has 4 nitrogen and oxygen atoms in total. The zero-order chi connectivity index (χ0) is 16.4. The Morgan fingerprint density at radius 1 is 1.08 bits per heavy atom. The third kappa shape index (κ3) is 3.09. The lowest BCUT2D eigenvalue weighted by atomic mass is 9.86. The second-order valence-electron chi connectivity index (χ2n) is 6.59. The van der Waals surface area contributed by atoms with Crippen LogP contribution in [0.5, 0.6) is 0 Å². The van der Waals surface area contributed by atoms with E-state index in [4.69, 9.17) is 4.98 Å². The Bertz CT molecular complexity index is 764. The molecule has 4 rings (SSSR count). The molecule has 1 aromatic heterocycles. The van der Waals surface area contributed by atoms with Gasteiger partial charge in [-0.05, 0) is 30.7 Å². The number of allylic oxidation sites excluding steroid dienone is 1. The Hall–Kier alpha value is -2.49. The Morgan fingerprint density at radius 3 is 2.67 bits per heavy atom. The molecule has 0 saturated carbocycles. The van der Waals surface area contributed by atoms with Crippen LogP contribution >= 0.6 is 0 Å². The maximum Gasteiger partial charge on any atom is 0.225 e. The number of carbonyl (C=O) groups is 1. The second-order valence-corrected chi connectivity index (χ2v) is 6.59. The third-order valence-corrected chi connectivity index (χ3v) is 4.81. The number of fused-ring (bicyclic) bond motifs is 1. The SMILES string of the molecule is O=C1CC(/C=C/c2ccccc2)Cc2nc(N3CCCC3)ncc21. The van der Waals surface area contributed by atoms with Crippen molar-refractivity contribution in [1.82, 2.24) is 9.97 Å². The fraction of sp³-hybridized carbons (Fsp3) is 0.350. The average molecular weight is 319 g/mol. The summed E-state index contributed by atoms with van der Waals surface area (Å²) >= 11 is 0. The van der Waals surface area contributed by atoms with E-state index in [0.717, 1.165) is 36.7 Å². The summed E-state index contributed by atoms with van der Waals surface area (Å²) < 4.78 is 0. The Labute approximate surface area is 142 Å². The molecule has 122 valence electrons. The molecule has 0 spiro atoms. The molecule has 0 amide bonds. The van der Waals surface area contributed by atoms with Crippen LogP contribution in [0.3, 0.4) is 0 Å². The maximum atomic E-state index is 12.4. The first-order chi connectivity index (χ1) is 11.8. The zero-order valence-electron chi connectivity index (χ0n) is 13.7. The van der Waals surface area contributed by atoms with Crippen LogP contribution in [-0.2, 0) is 6.42 Å². The highest BCUT2D eigenvalue weighted by atomic mass is 16.1. The van der Waals surface area contributed by atoms with Crippen molar-refractivity contribution in [3.8, 4) is 0 Å². The standard InChI is InChI=1S/C20H21N3O/c24-19-13-16(9-8-15-6-2-1-3-7-15)12-18-17(19)14-21-20(22-18)23-10-4-5-11-23/h1-3,6-9,14,16H,4-5,10-13H2/b9-8+. The van der Waals surface area contributed by atoms with Gasteiger partial charge >= 0.3 is 0 Å². The molecule has 2 heterocycles. The highest BCUT2D eigenvalue weighted by molar-refractivity contribution is 5.98. The maximum absolute atomic E-state index is 12.4. The third-order valence-electron chi connectivity index (χ3n) is 4.81. The molecular weight excluding hydrogens is 298 g/mol. The number of carbonyl (C=O) groups excluding carboxylic acids is 1. The summed E-state index contributed by atoms with van der Waals surface area (Å²) in [5, 5.41) is 0. The fourth-order valence-corrected chi connectivity index (χ4v) is 3.48. The molecule has 24 heavy (non-hydrogen) atoms. The van der Waals surface area contributed by atoms with E-state index in [0.29, 0.717) is 12.0 Å². The van der Waals surface area contributed by atoms with Gasteiger partial charge in [-0.3, -0.25) is 4.79 Å². The molecule has 1 atom stereocenters. The van der Waals surface area contributed by atoms with Crippen molar-refractivity contribution in [1.29, 1.82) is 0 Å². The minimum absolute atomic E-state index is 0.159. The van der Waals surface area contributed by atoms with Gasteiger partial charge in [0.05, 0.1) is 11.3 Å². The van der Waals surface area contributed by atoms with E-state index in [1.54, 1.807) is 6.20 Å². The van der Waals surface area contributed by atoms with E-state index < -0.39 is 0 Å². The molecule has 1 aliphatic carbocycles. The van der Waals surface area contributed by atoms with Crippen LogP contribution in [0.2, 0.25) is 0 Å². The molecule has 1 fully saturated rings. The highest BCUT2D eigenvalue weighted by Gasteiger charge is 2.26. The van der Waals surface area contributed by atoms with Gasteiger partial charge in [0.15, 0.2) is 5.78 Å². The van der Waals surface area contributed by atoms with E-state index in [9.17, 15) is 4.79 Å². The van der Waals surface area contributed by atoms with Crippen LogP contribution in [0.15, 0.2) is 42.6 Å². The number of aromatic nitrogens is 2. The quantitative estimate of drug-likeness (QED) is 0.868. The summed E-state index contributed by atoms with van der Waals surface area (Å²) in [6.45, 7) is 2.04. The Morgan fingerprint density at radius 2 is 1.88 bits per heavy atom. The smallest absolute Gasteiger partial charge is 0.225 e. The zero-order valence-corrected chi connectivity index (χ0v) is 13.7. The molecule has 0 radical (unpaired) electrons. The number of anilines is 1. The normalized spacial score (nSPS) is 20.6. The van der Waals surface area contributed by atoms with Gasteiger partial charge in [0, 0.05) is 25.7 Å². The minimum atomic E-state index is 0.159. The monoisotopic (exact) mass is 319 g/mol. The summed E-state index contributed by atoms with van der Waals surface area (Å²) in [5.41, 5.74) is 2.78. The predicted molar refractivity (Wildman–Crippen MR) is 95.1 cm³/mol. The number of hydrogen-bond acceptors (Lipinski definition) is 4. The van der Waals surface area contributed by atoms with Gasteiger partial charge in [-0.25, -0.2) is 9.97 Å². The molecule has 1 unspecified atom stereocenters. The van der Waals surface area contributed by atoms with Gasteiger partial charge in [-0.1, -0.05) is 42.5 Å². The van der Waals surface area contributed by atoms with Crippen molar-refractivity contribution in [2.75, 3.05) is 18.0 Å². The van der Waals surface area contributed by atoms with Gasteiger partial charge in [0.2, 0.25) is 5.95 Å². The van der Waals surface area contributed by atoms with E-state index in [1.165, 1.54) is 12.8 Å². The number of benzene rings is 1. The van der Waals surface area contributed by atoms with Crippen molar-refractivity contribution in [2.45, 2.75) is 25.7 Å². The topological polar surface area (TPSA) is 46.1 Å². The number of Topliss-reactive ketones (excluding diaryl/α,β-unsaturated/α-hetero) is 1. The second kappa shape index (κ2) is 6.56. The molecule has 2 aliphatic rings. The summed E-state index contributed by atoms with van der Waals surface area (Å²) in [6, 6.07) is 10.2. The number of ketones is 1. The molecule has 4 heteroatoms. The van der Waals surface area contributed by atoms with Gasteiger partial charge in [-0.15, -0.1) is 0 Å². The lowest BCUT2D eigenvalue weighted by molar-refractivity contribution is 0.0957. The Kier molecular flexibility index (Phi) is 4.11. The first kappa shape index (κ1) is 15.1. The van der Waals surface area contributed by atoms with Crippen LogP contribution in [0.4, 0.5) is 5.95 Å². The molecular formula is C20H21N3O. The predicted octanol–water partition coefficient (Wildman–Crippen LogP) is 3.54. The van der Waals surface area contributed by atoms with E-state index in [-0.39, 0.29) is 11.7 Å². The number of nitrogens with zero attached hydrogens (tertiary/aromatic N) is 3. The average Bonchev–Trinajstić information content (AvgIpc) is 3.15. The summed E-state index contributed by atoms with van der Waals surface area (Å²) in [4.78, 5) is 23.8. The van der Waals surface area contributed by atoms with Gasteiger partial charge in [0.1, 0.15) is 0 Å². The van der Waals surface area contributed by atoms with Crippen LogP contribution in [0.1, 0.15) is 40.9 Å². The molecule has 1 aromatic carbocycles. The number of hydrogen-bond donors (Lipinski definition) is 0. The molecule has 1 aliphatic heterocycles. The van der Waals surface area contributed by atoms with Crippen molar-refractivity contribution < 1.29 is 4.79 Å². The molecule has 2 aromatic rings. The van der Waals surface area contributed by atoms with Crippen molar-refractivity contribution >= 4 is 17.8 Å². The molecule has 0 bridgehead atoms. The summed E-state index contributed by atoms with van der Waals surface area (Å²) in [7, 11) is 0. The lowest BCUT2D eigenvalue weighted by Gasteiger charge is -2.22. The highest BCUT2D eigenvalue weighted by Crippen LogP contribution is 2.27. The molecule has 1 saturated heterocycles. The van der Waals surface area contributed by atoms with E-state index >= 15 is 0 Å². The van der Waals surface area contributed by atoms with Crippen LogP contribution in [-0.4, -0.2) is 28.8 Å². The number of rotatable bonds is 3. The minimum Gasteiger partial charge on any atom is -0.341 e. The fourth-order valence-electron chi connectivity index (χ4n) is 3.48. The van der Waals surface area contributed by atoms with Gasteiger partial charge < -0.3 is 4.90 Å². The van der Waals surface area contributed by atoms with Gasteiger partial charge in [-0.2, -0.15) is 0 Å². The Balaban J connectivity index is 1.55. The van der Waals surface area contributed by atoms with Crippen LogP contribution < -0.4 is 4.90 Å². The van der Waals surface area contributed by atoms with Crippen molar-refractivity contribution in [3.63, 3.8) is 0 Å². The van der Waals surface area contributed by atoms with Crippen molar-refractivity contribution in [2.24, 2.45) is 5.92 Å². The van der Waals surface area contributed by atoms with Crippen molar-refractivity contribution in [3.05, 3.63) is 59.4 Å². The largest absolute Gasteiger partial charge is 0.341 e. The van der Waals surface area contributed by atoms with E-state index in [2.05, 4.69) is 34.2 Å². The first-order valence-electron chi connectivity index (χ1n) is 8.67. The van der Waals surface area contributed by atoms with Gasteiger partial charge in [0.25, 0.3) is 0 Å². The molecule has 0 N–H and O–H groups in total. The van der Waals surface area contributed by atoms with Crippen LogP contribution in [0.25, 0.3) is 6.08 Å². The summed E-state index contributed by atoms with van der Waals surface area (Å²) in [5.74, 6) is 1.16.